The van der Waals surface area contributed by atoms with Gasteiger partial charge in [-0.3, -0.25) is 4.98 Å². The highest BCUT2D eigenvalue weighted by Crippen LogP contribution is 2.31. The molecule has 2 heterocycles. The van der Waals surface area contributed by atoms with Gasteiger partial charge in [0.2, 0.25) is 0 Å². The highest BCUT2D eigenvalue weighted by Gasteiger charge is 2.30. The summed E-state index contributed by atoms with van der Waals surface area (Å²) in [4.78, 5) is 19.5. The quantitative estimate of drug-likeness (QED) is 0.353. The summed E-state index contributed by atoms with van der Waals surface area (Å²) in [5.41, 5.74) is 3.09. The summed E-state index contributed by atoms with van der Waals surface area (Å²) in [6, 6.07) is 11.1. The number of hydrogen-bond donors (Lipinski definition) is 4. The topological polar surface area (TPSA) is 90.0 Å². The minimum Gasteiger partial charge on any atom is -0.392 e. The van der Waals surface area contributed by atoms with E-state index in [0.29, 0.717) is 11.3 Å². The van der Waals surface area contributed by atoms with E-state index in [-0.39, 0.29) is 12.3 Å². The standard InChI is InChI=1S/C22H17F3N4O2/c23-22(24,25)16-2-4-17(5-3-16)28-21(31)29-20-11-27-19-6-1-14(8-18(19)20)15-7-13(12-30)9-26-10-15/h1-11,27,30H,12H2,(H2,28,29,31). The van der Waals surface area contributed by atoms with Gasteiger partial charge in [0.15, 0.2) is 0 Å². The fourth-order valence-electron chi connectivity index (χ4n) is 3.16. The van der Waals surface area contributed by atoms with Gasteiger partial charge < -0.3 is 20.7 Å². The molecule has 4 N–H and O–H groups in total. The third-order valence-electron chi connectivity index (χ3n) is 4.71. The Morgan fingerprint density at radius 1 is 1.00 bits per heavy atom. The Morgan fingerprint density at radius 2 is 1.77 bits per heavy atom. The molecule has 2 amide bonds. The lowest BCUT2D eigenvalue weighted by atomic mass is 10.0. The molecule has 31 heavy (non-hydrogen) atoms. The normalized spacial score (nSPS) is 11.5. The predicted octanol–water partition coefficient (Wildman–Crippen LogP) is 5.39. The lowest BCUT2D eigenvalue weighted by Gasteiger charge is -2.10. The van der Waals surface area contributed by atoms with Crippen LogP contribution < -0.4 is 10.6 Å². The summed E-state index contributed by atoms with van der Waals surface area (Å²) in [7, 11) is 0. The third-order valence-corrected chi connectivity index (χ3v) is 4.71. The molecule has 2 aromatic heterocycles. The number of rotatable bonds is 4. The first-order chi connectivity index (χ1) is 14.8. The first kappa shape index (κ1) is 20.4. The van der Waals surface area contributed by atoms with E-state index in [0.717, 1.165) is 34.2 Å². The van der Waals surface area contributed by atoms with Crippen LogP contribution in [0.15, 0.2) is 67.1 Å². The van der Waals surface area contributed by atoms with Crippen LogP contribution in [-0.4, -0.2) is 21.1 Å². The number of halogens is 3. The van der Waals surface area contributed by atoms with Crippen molar-refractivity contribution in [2.45, 2.75) is 12.8 Å². The molecular formula is C22H17F3N4O2. The highest BCUT2D eigenvalue weighted by molar-refractivity contribution is 6.06. The average Bonchev–Trinajstić information content (AvgIpc) is 3.15. The second-order valence-electron chi connectivity index (χ2n) is 6.86. The van der Waals surface area contributed by atoms with E-state index in [1.165, 1.54) is 12.1 Å². The van der Waals surface area contributed by atoms with Crippen molar-refractivity contribution in [1.29, 1.82) is 0 Å². The number of urea groups is 1. The van der Waals surface area contributed by atoms with Gasteiger partial charge in [-0.25, -0.2) is 4.79 Å². The van der Waals surface area contributed by atoms with Crippen LogP contribution in [-0.2, 0) is 12.8 Å². The second-order valence-corrected chi connectivity index (χ2v) is 6.86. The van der Waals surface area contributed by atoms with Crippen molar-refractivity contribution < 1.29 is 23.1 Å². The zero-order chi connectivity index (χ0) is 22.0. The molecule has 0 aliphatic rings. The molecule has 6 nitrogen and oxygen atoms in total. The van der Waals surface area contributed by atoms with E-state index in [1.54, 1.807) is 18.6 Å². The van der Waals surface area contributed by atoms with Crippen molar-refractivity contribution in [2.75, 3.05) is 10.6 Å². The molecule has 0 aliphatic carbocycles. The number of hydrogen-bond acceptors (Lipinski definition) is 3. The minimum atomic E-state index is -4.44. The number of nitrogens with zero attached hydrogens (tertiary/aromatic N) is 1. The number of anilines is 2. The number of aromatic nitrogens is 2. The highest BCUT2D eigenvalue weighted by atomic mass is 19.4. The number of pyridine rings is 1. The molecule has 0 spiro atoms. The summed E-state index contributed by atoms with van der Waals surface area (Å²) in [5, 5.41) is 15.3. The first-order valence-electron chi connectivity index (χ1n) is 9.25. The fraction of sp³-hybridized carbons (Fsp3) is 0.0909. The lowest BCUT2D eigenvalue weighted by Crippen LogP contribution is -2.19. The number of fused-ring (bicyclic) bond motifs is 1. The zero-order valence-corrected chi connectivity index (χ0v) is 16.0. The second kappa shape index (κ2) is 8.11. The molecule has 0 fully saturated rings. The van der Waals surface area contributed by atoms with Crippen LogP contribution in [0.3, 0.4) is 0 Å². The maximum Gasteiger partial charge on any atom is 0.416 e. The van der Waals surface area contributed by atoms with Crippen molar-refractivity contribution in [3.63, 3.8) is 0 Å². The maximum atomic E-state index is 12.7. The molecule has 0 saturated carbocycles. The van der Waals surface area contributed by atoms with Gasteiger partial charge in [-0.05, 0) is 53.6 Å². The zero-order valence-electron chi connectivity index (χ0n) is 16.0. The largest absolute Gasteiger partial charge is 0.416 e. The summed E-state index contributed by atoms with van der Waals surface area (Å²) < 4.78 is 38.0. The van der Waals surface area contributed by atoms with Crippen LogP contribution in [0.2, 0.25) is 0 Å². The number of alkyl halides is 3. The van der Waals surface area contributed by atoms with Gasteiger partial charge in [-0.15, -0.1) is 0 Å². The molecule has 2 aromatic carbocycles. The number of carbonyl (C=O) groups excluding carboxylic acids is 1. The molecule has 0 bridgehead atoms. The molecule has 0 radical (unpaired) electrons. The number of benzene rings is 2. The summed E-state index contributed by atoms with van der Waals surface area (Å²) in [6.45, 7) is -0.121. The SMILES string of the molecule is O=C(Nc1ccc(C(F)(F)F)cc1)Nc1c[nH]c2ccc(-c3cncc(CO)c3)cc12. The lowest BCUT2D eigenvalue weighted by molar-refractivity contribution is -0.137. The maximum absolute atomic E-state index is 12.7. The molecular weight excluding hydrogens is 409 g/mol. The van der Waals surface area contributed by atoms with Crippen molar-refractivity contribution >= 4 is 28.3 Å². The van der Waals surface area contributed by atoms with E-state index in [4.69, 9.17) is 0 Å². The summed E-state index contributed by atoms with van der Waals surface area (Å²) >= 11 is 0. The van der Waals surface area contributed by atoms with Crippen molar-refractivity contribution in [3.8, 4) is 11.1 Å². The Balaban J connectivity index is 1.53. The van der Waals surface area contributed by atoms with Crippen LogP contribution in [0.4, 0.5) is 29.3 Å². The van der Waals surface area contributed by atoms with Gasteiger partial charge in [-0.1, -0.05) is 6.07 Å². The molecule has 0 aliphatic heterocycles. The number of carbonyl (C=O) groups is 1. The first-order valence-corrected chi connectivity index (χ1v) is 9.25. The van der Waals surface area contributed by atoms with E-state index in [2.05, 4.69) is 20.6 Å². The van der Waals surface area contributed by atoms with Gasteiger partial charge in [-0.2, -0.15) is 13.2 Å². The van der Waals surface area contributed by atoms with E-state index in [9.17, 15) is 23.1 Å². The Morgan fingerprint density at radius 3 is 2.48 bits per heavy atom. The number of aliphatic hydroxyl groups is 1. The minimum absolute atomic E-state index is 0.121. The number of aromatic amines is 1. The number of nitrogens with one attached hydrogen (secondary N) is 3. The number of aliphatic hydroxyl groups excluding tert-OH is 1. The fourth-order valence-corrected chi connectivity index (χ4v) is 3.16. The van der Waals surface area contributed by atoms with Crippen molar-refractivity contribution in [2.24, 2.45) is 0 Å². The van der Waals surface area contributed by atoms with Crippen LogP contribution in [0.1, 0.15) is 11.1 Å². The number of H-pyrrole nitrogens is 1. The molecule has 0 unspecified atom stereocenters. The van der Waals surface area contributed by atoms with E-state index in [1.807, 2.05) is 24.3 Å². The molecule has 158 valence electrons. The molecule has 0 atom stereocenters. The Hall–Kier alpha value is -3.85. The Bertz CT molecular complexity index is 1230. The van der Waals surface area contributed by atoms with Crippen molar-refractivity contribution in [1.82, 2.24) is 9.97 Å². The van der Waals surface area contributed by atoms with Crippen LogP contribution in [0, 0.1) is 0 Å². The molecule has 4 aromatic rings. The van der Waals surface area contributed by atoms with Crippen LogP contribution in [0.5, 0.6) is 0 Å². The van der Waals surface area contributed by atoms with Gasteiger partial charge in [0.05, 0.1) is 17.9 Å². The van der Waals surface area contributed by atoms with E-state index < -0.39 is 17.8 Å². The van der Waals surface area contributed by atoms with Gasteiger partial charge in [0, 0.05) is 40.7 Å². The Labute approximate surface area is 174 Å². The van der Waals surface area contributed by atoms with E-state index >= 15 is 0 Å². The number of amides is 2. The monoisotopic (exact) mass is 426 g/mol. The van der Waals surface area contributed by atoms with Crippen LogP contribution in [0.25, 0.3) is 22.0 Å². The summed E-state index contributed by atoms with van der Waals surface area (Å²) in [6.07, 6.45) is 0.451. The van der Waals surface area contributed by atoms with Gasteiger partial charge in [0.25, 0.3) is 0 Å². The Kier molecular flexibility index (Phi) is 5.35. The van der Waals surface area contributed by atoms with Crippen LogP contribution >= 0.6 is 0 Å². The molecule has 0 saturated heterocycles. The van der Waals surface area contributed by atoms with Gasteiger partial charge in [0.1, 0.15) is 0 Å². The third kappa shape index (κ3) is 4.51. The molecule has 9 heteroatoms. The van der Waals surface area contributed by atoms with Gasteiger partial charge >= 0.3 is 12.2 Å². The molecule has 4 rings (SSSR count). The summed E-state index contributed by atoms with van der Waals surface area (Å²) in [5.74, 6) is 0. The van der Waals surface area contributed by atoms with Crippen molar-refractivity contribution in [3.05, 3.63) is 78.2 Å². The average molecular weight is 426 g/mol. The predicted molar refractivity (Wildman–Crippen MR) is 112 cm³/mol. The smallest absolute Gasteiger partial charge is 0.392 e.